The van der Waals surface area contributed by atoms with Crippen LogP contribution in [-0.4, -0.2) is 38.7 Å². The topological polar surface area (TPSA) is 138 Å². The summed E-state index contributed by atoms with van der Waals surface area (Å²) in [4.78, 5) is 28.1. The Bertz CT molecular complexity index is 897. The van der Waals surface area contributed by atoms with Gasteiger partial charge in [-0.15, -0.1) is 11.3 Å². The number of nitrogens with two attached hydrogens (primary N) is 1. The molecule has 0 aliphatic heterocycles. The molecule has 0 saturated heterocycles. The summed E-state index contributed by atoms with van der Waals surface area (Å²) >= 11 is 3.10. The number of hydrogen-bond acceptors (Lipinski definition) is 8. The zero-order valence-corrected chi connectivity index (χ0v) is 16.0. The van der Waals surface area contributed by atoms with E-state index in [9.17, 15) is 0 Å². The highest BCUT2D eigenvalue weighted by molar-refractivity contribution is 7.19. The summed E-state index contributed by atoms with van der Waals surface area (Å²) in [7, 11) is 0. The molecule has 5 N–H and O–H groups in total. The number of carboxylic acid groups (broad SMARTS) is 2. The number of anilines is 2. The Morgan fingerprint density at radius 2 is 1.81 bits per heavy atom. The van der Waals surface area contributed by atoms with Gasteiger partial charge in [0.1, 0.15) is 0 Å². The third-order valence-electron chi connectivity index (χ3n) is 3.27. The van der Waals surface area contributed by atoms with E-state index in [4.69, 9.17) is 25.5 Å². The first-order valence-corrected chi connectivity index (χ1v) is 9.49. The van der Waals surface area contributed by atoms with Crippen molar-refractivity contribution in [2.45, 2.75) is 13.3 Å². The lowest BCUT2D eigenvalue weighted by atomic mass is 10.2. The van der Waals surface area contributed by atoms with Gasteiger partial charge in [-0.05, 0) is 18.9 Å². The Kier molecular flexibility index (Phi) is 7.26. The van der Waals surface area contributed by atoms with Crippen LogP contribution in [0.15, 0.2) is 35.7 Å². The van der Waals surface area contributed by atoms with E-state index >= 15 is 0 Å². The van der Waals surface area contributed by atoms with E-state index in [1.807, 2.05) is 18.4 Å². The van der Waals surface area contributed by atoms with Gasteiger partial charge < -0.3 is 21.3 Å². The van der Waals surface area contributed by atoms with E-state index in [1.54, 1.807) is 11.3 Å². The van der Waals surface area contributed by atoms with Gasteiger partial charge in [0, 0.05) is 11.9 Å². The minimum atomic E-state index is -1.82. The smallest absolute Gasteiger partial charge is 0.414 e. The summed E-state index contributed by atoms with van der Waals surface area (Å²) in [6.07, 6.45) is 0.988. The van der Waals surface area contributed by atoms with E-state index in [1.165, 1.54) is 16.9 Å². The largest absolute Gasteiger partial charge is 0.473 e. The fraction of sp³-hybridized carbons (Fsp3) is 0.176. The molecule has 0 amide bonds. The van der Waals surface area contributed by atoms with Crippen molar-refractivity contribution in [2.24, 2.45) is 0 Å². The normalized spacial score (nSPS) is 9.96. The fourth-order valence-electron chi connectivity index (χ4n) is 2.07. The number of carbonyl (C=O) groups is 2. The monoisotopic (exact) mass is 406 g/mol. The van der Waals surface area contributed by atoms with Crippen molar-refractivity contribution in [1.29, 1.82) is 0 Å². The molecule has 3 aromatic rings. The molecule has 8 nitrogen and oxygen atoms in total. The summed E-state index contributed by atoms with van der Waals surface area (Å²) in [6.45, 7) is 2.84. The zero-order valence-electron chi connectivity index (χ0n) is 14.4. The van der Waals surface area contributed by atoms with E-state index in [0.717, 1.165) is 34.4 Å². The molecule has 0 radical (unpaired) electrons. The van der Waals surface area contributed by atoms with Gasteiger partial charge in [0.15, 0.2) is 10.3 Å². The first kappa shape index (κ1) is 20.3. The molecule has 0 bridgehead atoms. The van der Waals surface area contributed by atoms with Crippen LogP contribution in [0.5, 0.6) is 0 Å². The molecule has 0 saturated carbocycles. The van der Waals surface area contributed by atoms with Gasteiger partial charge in [-0.3, -0.25) is 0 Å². The minimum absolute atomic E-state index is 0.592. The molecule has 0 aliphatic carbocycles. The fourth-order valence-corrected chi connectivity index (χ4v) is 3.67. The highest BCUT2D eigenvalue weighted by Crippen LogP contribution is 2.33. The Balaban J connectivity index is 0.000000380. The predicted molar refractivity (Wildman–Crippen MR) is 106 cm³/mol. The Labute approximate surface area is 163 Å². The molecule has 0 aliphatic rings. The van der Waals surface area contributed by atoms with E-state index < -0.39 is 11.9 Å². The number of thiazole rings is 2. The van der Waals surface area contributed by atoms with Gasteiger partial charge in [-0.1, -0.05) is 41.7 Å². The summed E-state index contributed by atoms with van der Waals surface area (Å²) in [5.41, 5.74) is 8.96. The van der Waals surface area contributed by atoms with Crippen LogP contribution in [-0.2, 0) is 16.0 Å². The quantitative estimate of drug-likeness (QED) is 0.474. The van der Waals surface area contributed by atoms with Crippen molar-refractivity contribution in [3.05, 3.63) is 47.0 Å². The van der Waals surface area contributed by atoms with Crippen LogP contribution in [0.25, 0.3) is 10.6 Å². The third kappa shape index (κ3) is 6.35. The number of aryl methyl sites for hydroxylation is 1. The summed E-state index contributed by atoms with van der Waals surface area (Å²) < 4.78 is 0. The SMILES string of the molecule is Cc1nc(N)sc1-c1csc(NCCc2ccccc2)n1.O=C(O)C(=O)O. The highest BCUT2D eigenvalue weighted by Gasteiger charge is 2.11. The predicted octanol–water partition coefficient (Wildman–Crippen LogP) is 2.97. The van der Waals surface area contributed by atoms with Gasteiger partial charge in [-0.2, -0.15) is 0 Å². The second-order valence-corrected chi connectivity index (χ2v) is 7.17. The lowest BCUT2D eigenvalue weighted by Crippen LogP contribution is -2.09. The maximum Gasteiger partial charge on any atom is 0.414 e. The standard InChI is InChI=1S/C15H16N4S2.C2H2O4/c1-10-13(21-14(16)18-10)12-9-20-15(19-12)17-8-7-11-5-3-2-4-6-11;3-1(4)2(5)6/h2-6,9H,7-8H2,1H3,(H2,16,18)(H,17,19);(H,3,4)(H,5,6). The molecule has 10 heteroatoms. The molecular weight excluding hydrogens is 388 g/mol. The maximum absolute atomic E-state index is 9.10. The minimum Gasteiger partial charge on any atom is -0.473 e. The summed E-state index contributed by atoms with van der Waals surface area (Å²) in [5.74, 6) is -3.65. The molecule has 142 valence electrons. The molecule has 1 aromatic carbocycles. The van der Waals surface area contributed by atoms with Crippen LogP contribution in [0.1, 0.15) is 11.3 Å². The number of aromatic nitrogens is 2. The first-order valence-electron chi connectivity index (χ1n) is 7.79. The number of hydrogen-bond donors (Lipinski definition) is 4. The van der Waals surface area contributed by atoms with E-state index in [-0.39, 0.29) is 0 Å². The maximum atomic E-state index is 9.10. The molecule has 27 heavy (non-hydrogen) atoms. The Morgan fingerprint density at radius 3 is 2.37 bits per heavy atom. The molecule has 2 aromatic heterocycles. The number of carboxylic acids is 2. The number of aliphatic carboxylic acids is 2. The van der Waals surface area contributed by atoms with Crippen LogP contribution >= 0.6 is 22.7 Å². The number of benzene rings is 1. The van der Waals surface area contributed by atoms with E-state index in [2.05, 4.69) is 39.6 Å². The van der Waals surface area contributed by atoms with Gasteiger partial charge in [0.25, 0.3) is 0 Å². The molecule has 0 unspecified atom stereocenters. The van der Waals surface area contributed by atoms with Gasteiger partial charge >= 0.3 is 11.9 Å². The van der Waals surface area contributed by atoms with Gasteiger partial charge in [-0.25, -0.2) is 19.6 Å². The molecule has 2 heterocycles. The van der Waals surface area contributed by atoms with Gasteiger partial charge in [0.2, 0.25) is 0 Å². The lowest BCUT2D eigenvalue weighted by molar-refractivity contribution is -0.159. The van der Waals surface area contributed by atoms with Gasteiger partial charge in [0.05, 0.1) is 16.3 Å². The van der Waals surface area contributed by atoms with Crippen molar-refractivity contribution in [1.82, 2.24) is 9.97 Å². The molecule has 0 atom stereocenters. The third-order valence-corrected chi connectivity index (χ3v) is 5.07. The number of rotatable bonds is 5. The summed E-state index contributed by atoms with van der Waals surface area (Å²) in [6, 6.07) is 10.4. The molecule has 0 fully saturated rings. The second kappa shape index (κ2) is 9.64. The highest BCUT2D eigenvalue weighted by atomic mass is 32.1. The van der Waals surface area contributed by atoms with Crippen LogP contribution in [0.3, 0.4) is 0 Å². The average molecular weight is 406 g/mol. The van der Waals surface area contributed by atoms with Crippen LogP contribution in [0.2, 0.25) is 0 Å². The number of nitrogens with zero attached hydrogens (tertiary/aromatic N) is 2. The summed E-state index contributed by atoms with van der Waals surface area (Å²) in [5, 5.41) is 21.7. The second-order valence-electron chi connectivity index (χ2n) is 5.28. The number of nitrogen functional groups attached to an aromatic ring is 1. The first-order chi connectivity index (χ1) is 12.9. The Hall–Kier alpha value is -2.98. The van der Waals surface area contributed by atoms with Crippen molar-refractivity contribution in [2.75, 3.05) is 17.6 Å². The van der Waals surface area contributed by atoms with E-state index in [0.29, 0.717) is 5.13 Å². The molecule has 3 rings (SSSR count). The zero-order chi connectivity index (χ0) is 19.8. The van der Waals surface area contributed by atoms with Crippen molar-refractivity contribution in [3.8, 4) is 10.6 Å². The average Bonchev–Trinajstić information content (AvgIpc) is 3.22. The number of nitrogens with one attached hydrogen (secondary N) is 1. The van der Waals surface area contributed by atoms with Crippen LogP contribution in [0.4, 0.5) is 10.3 Å². The van der Waals surface area contributed by atoms with Crippen LogP contribution < -0.4 is 11.1 Å². The lowest BCUT2D eigenvalue weighted by Gasteiger charge is -2.02. The van der Waals surface area contributed by atoms with Crippen molar-refractivity contribution >= 4 is 44.9 Å². The van der Waals surface area contributed by atoms with Crippen LogP contribution in [0, 0.1) is 6.92 Å². The van der Waals surface area contributed by atoms with Crippen molar-refractivity contribution < 1.29 is 19.8 Å². The molecular formula is C17H18N4O4S2. The molecule has 0 spiro atoms. The Morgan fingerprint density at radius 1 is 1.15 bits per heavy atom. The van der Waals surface area contributed by atoms with Crippen molar-refractivity contribution in [3.63, 3.8) is 0 Å².